The Balaban J connectivity index is 1.86. The summed E-state index contributed by atoms with van der Waals surface area (Å²) in [5, 5.41) is 9.36. The van der Waals surface area contributed by atoms with Crippen LogP contribution < -0.4 is 0 Å². The first-order valence-corrected chi connectivity index (χ1v) is 6.19. The number of amides is 1. The molecule has 18 heavy (non-hydrogen) atoms. The van der Waals surface area contributed by atoms with Gasteiger partial charge < -0.3 is 10.0 Å². The maximum Gasteiger partial charge on any atom is 0.327 e. The zero-order chi connectivity index (χ0) is 12.8. The van der Waals surface area contributed by atoms with Crippen molar-refractivity contribution in [3.8, 4) is 0 Å². The molecule has 4 nitrogen and oxygen atoms in total. The number of nitrogens with zero attached hydrogens (tertiary/aromatic N) is 1. The Bertz CT molecular complexity index is 493. The number of carboxylic acids is 1. The number of carboxylic acid groups (broad SMARTS) is 1. The molecule has 1 N–H and O–H groups in total. The lowest BCUT2D eigenvalue weighted by atomic mass is 9.97. The SMILES string of the molecule is O=C(O)C1N(Cc2ccccc2)C(=O)CC12CC2. The number of benzene rings is 1. The van der Waals surface area contributed by atoms with E-state index >= 15 is 0 Å². The highest BCUT2D eigenvalue weighted by Gasteiger charge is 2.61. The minimum atomic E-state index is -0.866. The van der Waals surface area contributed by atoms with Crippen molar-refractivity contribution in [1.82, 2.24) is 4.90 Å². The van der Waals surface area contributed by atoms with Crippen LogP contribution in [0.25, 0.3) is 0 Å². The summed E-state index contributed by atoms with van der Waals surface area (Å²) in [6, 6.07) is 8.92. The van der Waals surface area contributed by atoms with E-state index in [-0.39, 0.29) is 11.3 Å². The van der Waals surface area contributed by atoms with Gasteiger partial charge in [-0.15, -0.1) is 0 Å². The highest BCUT2D eigenvalue weighted by atomic mass is 16.4. The molecule has 94 valence electrons. The van der Waals surface area contributed by atoms with Crippen molar-refractivity contribution in [3.05, 3.63) is 35.9 Å². The van der Waals surface area contributed by atoms with Gasteiger partial charge in [0.1, 0.15) is 6.04 Å². The van der Waals surface area contributed by atoms with Gasteiger partial charge in [-0.05, 0) is 18.4 Å². The molecule has 1 spiro atoms. The van der Waals surface area contributed by atoms with Crippen LogP contribution in [0.4, 0.5) is 0 Å². The molecule has 1 unspecified atom stereocenters. The summed E-state index contributed by atoms with van der Waals surface area (Å²) < 4.78 is 0. The molecule has 2 aliphatic rings. The number of likely N-dealkylation sites (tertiary alicyclic amines) is 1. The Morgan fingerprint density at radius 1 is 1.33 bits per heavy atom. The van der Waals surface area contributed by atoms with Crippen molar-refractivity contribution < 1.29 is 14.7 Å². The van der Waals surface area contributed by atoms with Gasteiger partial charge in [-0.1, -0.05) is 30.3 Å². The predicted molar refractivity (Wildman–Crippen MR) is 64.7 cm³/mol. The molecule has 1 atom stereocenters. The van der Waals surface area contributed by atoms with Crippen molar-refractivity contribution in [2.75, 3.05) is 0 Å². The van der Waals surface area contributed by atoms with Gasteiger partial charge in [-0.3, -0.25) is 4.79 Å². The molecule has 1 heterocycles. The number of carbonyl (C=O) groups is 2. The van der Waals surface area contributed by atoms with E-state index in [1.165, 1.54) is 4.90 Å². The number of aliphatic carboxylic acids is 1. The minimum absolute atomic E-state index is 0.0243. The second kappa shape index (κ2) is 3.83. The Morgan fingerprint density at radius 2 is 2.00 bits per heavy atom. The summed E-state index contributed by atoms with van der Waals surface area (Å²) in [7, 11) is 0. The summed E-state index contributed by atoms with van der Waals surface area (Å²) in [4.78, 5) is 25.0. The Hall–Kier alpha value is -1.84. The lowest BCUT2D eigenvalue weighted by Crippen LogP contribution is -2.41. The van der Waals surface area contributed by atoms with Crippen LogP contribution in [0.1, 0.15) is 24.8 Å². The highest BCUT2D eigenvalue weighted by molar-refractivity contribution is 5.90. The van der Waals surface area contributed by atoms with Gasteiger partial charge >= 0.3 is 5.97 Å². The fourth-order valence-corrected chi connectivity index (χ4v) is 2.94. The average Bonchev–Trinajstić information content (AvgIpc) is 3.03. The molecule has 1 aliphatic heterocycles. The molecule has 1 amide bonds. The number of hydrogen-bond donors (Lipinski definition) is 1. The third kappa shape index (κ3) is 1.68. The van der Waals surface area contributed by atoms with Crippen LogP contribution in [0.5, 0.6) is 0 Å². The summed E-state index contributed by atoms with van der Waals surface area (Å²) in [6.45, 7) is 0.401. The largest absolute Gasteiger partial charge is 0.480 e. The summed E-state index contributed by atoms with van der Waals surface area (Å²) >= 11 is 0. The molecule has 4 heteroatoms. The van der Waals surface area contributed by atoms with E-state index in [2.05, 4.69) is 0 Å². The predicted octanol–water partition coefficient (Wildman–Crippen LogP) is 1.65. The smallest absolute Gasteiger partial charge is 0.327 e. The lowest BCUT2D eigenvalue weighted by molar-refractivity contribution is -0.147. The normalized spacial score (nSPS) is 24.6. The van der Waals surface area contributed by atoms with Crippen molar-refractivity contribution in [2.45, 2.75) is 31.8 Å². The molecule has 1 aromatic rings. The van der Waals surface area contributed by atoms with E-state index in [1.807, 2.05) is 30.3 Å². The zero-order valence-corrected chi connectivity index (χ0v) is 10.0. The van der Waals surface area contributed by atoms with Crippen LogP contribution in [-0.4, -0.2) is 27.9 Å². The highest BCUT2D eigenvalue weighted by Crippen LogP contribution is 2.57. The van der Waals surface area contributed by atoms with Gasteiger partial charge in [0.05, 0.1) is 0 Å². The monoisotopic (exact) mass is 245 g/mol. The molecule has 1 saturated heterocycles. The van der Waals surface area contributed by atoms with Crippen molar-refractivity contribution in [3.63, 3.8) is 0 Å². The fourth-order valence-electron chi connectivity index (χ4n) is 2.94. The second-order valence-corrected chi connectivity index (χ2v) is 5.29. The van der Waals surface area contributed by atoms with Crippen LogP contribution >= 0.6 is 0 Å². The summed E-state index contributed by atoms with van der Waals surface area (Å²) in [6.07, 6.45) is 2.12. The topological polar surface area (TPSA) is 57.6 Å². The maximum atomic E-state index is 12.0. The number of rotatable bonds is 3. The molecule has 1 aliphatic carbocycles. The molecular weight excluding hydrogens is 230 g/mol. The van der Waals surface area contributed by atoms with Gasteiger partial charge in [0, 0.05) is 18.4 Å². The molecule has 0 aromatic heterocycles. The Kier molecular flexibility index (Phi) is 2.40. The third-order valence-electron chi connectivity index (χ3n) is 4.04. The first kappa shape index (κ1) is 11.3. The molecule has 1 saturated carbocycles. The molecule has 1 aromatic carbocycles. The maximum absolute atomic E-state index is 12.0. The molecule has 0 radical (unpaired) electrons. The van der Waals surface area contributed by atoms with Crippen LogP contribution in [0, 0.1) is 5.41 Å². The van der Waals surface area contributed by atoms with E-state index in [9.17, 15) is 14.7 Å². The summed E-state index contributed by atoms with van der Waals surface area (Å²) in [5.74, 6) is -0.891. The quantitative estimate of drug-likeness (QED) is 0.881. The van der Waals surface area contributed by atoms with E-state index in [4.69, 9.17) is 0 Å². The Morgan fingerprint density at radius 3 is 2.56 bits per heavy atom. The van der Waals surface area contributed by atoms with Gasteiger partial charge in [0.2, 0.25) is 5.91 Å². The standard InChI is InChI=1S/C14H15NO3/c16-11-8-14(6-7-14)12(13(17)18)15(11)9-10-4-2-1-3-5-10/h1-5,12H,6-9H2,(H,17,18). The molecule has 3 rings (SSSR count). The molecular formula is C14H15NO3. The number of hydrogen-bond acceptors (Lipinski definition) is 2. The fraction of sp³-hybridized carbons (Fsp3) is 0.429. The van der Waals surface area contributed by atoms with Gasteiger partial charge in [-0.2, -0.15) is 0 Å². The van der Waals surface area contributed by atoms with Gasteiger partial charge in [0.15, 0.2) is 0 Å². The zero-order valence-electron chi connectivity index (χ0n) is 10.0. The van der Waals surface area contributed by atoms with Crippen LogP contribution in [0.3, 0.4) is 0 Å². The van der Waals surface area contributed by atoms with E-state index in [1.54, 1.807) is 0 Å². The summed E-state index contributed by atoms with van der Waals surface area (Å²) in [5.41, 5.74) is 0.715. The minimum Gasteiger partial charge on any atom is -0.480 e. The van der Waals surface area contributed by atoms with E-state index in [0.29, 0.717) is 13.0 Å². The van der Waals surface area contributed by atoms with Crippen molar-refractivity contribution in [2.24, 2.45) is 5.41 Å². The van der Waals surface area contributed by atoms with Crippen LogP contribution in [0.2, 0.25) is 0 Å². The van der Waals surface area contributed by atoms with Gasteiger partial charge in [0.25, 0.3) is 0 Å². The average molecular weight is 245 g/mol. The first-order valence-electron chi connectivity index (χ1n) is 6.19. The lowest BCUT2D eigenvalue weighted by Gasteiger charge is -2.24. The van der Waals surface area contributed by atoms with E-state index < -0.39 is 12.0 Å². The van der Waals surface area contributed by atoms with Crippen LogP contribution in [-0.2, 0) is 16.1 Å². The Labute approximate surface area is 105 Å². The van der Waals surface area contributed by atoms with Crippen LogP contribution in [0.15, 0.2) is 30.3 Å². The first-order chi connectivity index (χ1) is 8.62. The van der Waals surface area contributed by atoms with E-state index in [0.717, 1.165) is 18.4 Å². The molecule has 0 bridgehead atoms. The van der Waals surface area contributed by atoms with Gasteiger partial charge in [-0.25, -0.2) is 4.79 Å². The van der Waals surface area contributed by atoms with Crippen molar-refractivity contribution in [1.29, 1.82) is 0 Å². The third-order valence-corrected chi connectivity index (χ3v) is 4.04. The second-order valence-electron chi connectivity index (χ2n) is 5.29. The van der Waals surface area contributed by atoms with Crippen molar-refractivity contribution >= 4 is 11.9 Å². The molecule has 2 fully saturated rings. The number of carbonyl (C=O) groups excluding carboxylic acids is 1.